The van der Waals surface area contributed by atoms with Gasteiger partial charge in [0, 0.05) is 23.5 Å². The monoisotopic (exact) mass is 487 g/mol. The summed E-state index contributed by atoms with van der Waals surface area (Å²) in [5.41, 5.74) is 3.53. The van der Waals surface area contributed by atoms with E-state index in [1.807, 2.05) is 49.7 Å². The summed E-state index contributed by atoms with van der Waals surface area (Å²) >= 11 is 6.25. The third kappa shape index (κ3) is 6.91. The minimum Gasteiger partial charge on any atom is -0.480 e. The van der Waals surface area contributed by atoms with E-state index in [1.165, 1.54) is 5.56 Å². The number of carboxylic acid groups (broad SMARTS) is 1. The fourth-order valence-electron chi connectivity index (χ4n) is 4.09. The van der Waals surface area contributed by atoms with Gasteiger partial charge in [0.2, 0.25) is 0 Å². The number of amides is 1. The van der Waals surface area contributed by atoms with Gasteiger partial charge in [0.15, 0.2) is 0 Å². The van der Waals surface area contributed by atoms with Crippen molar-refractivity contribution >= 4 is 42.0 Å². The molecule has 3 rings (SSSR count). The average molecular weight is 488 g/mol. The number of hydrogen-bond donors (Lipinski definition) is 4. The molecule has 2 aromatic rings. The van der Waals surface area contributed by atoms with Gasteiger partial charge in [-0.15, -0.1) is 0 Å². The Morgan fingerprint density at radius 2 is 2.00 bits per heavy atom. The van der Waals surface area contributed by atoms with Gasteiger partial charge >= 0.3 is 5.97 Å². The third-order valence-electron chi connectivity index (χ3n) is 6.06. The zero-order chi connectivity index (χ0) is 23.8. The molecule has 1 aliphatic heterocycles. The fraction of sp³-hybridized carbons (Fsp3) is 0.440. The van der Waals surface area contributed by atoms with Crippen molar-refractivity contribution < 1.29 is 14.7 Å². The number of anilines is 1. The number of aliphatic carboxylic acids is 1. The highest BCUT2D eigenvalue weighted by Gasteiger charge is 2.28. The number of rotatable bonds is 11. The summed E-state index contributed by atoms with van der Waals surface area (Å²) < 4.78 is 0. The van der Waals surface area contributed by atoms with Crippen LogP contribution in [0.15, 0.2) is 48.5 Å². The molecule has 0 aliphatic carbocycles. The molecule has 0 spiro atoms. The molecular formula is C25H33N3O3S2. The summed E-state index contributed by atoms with van der Waals surface area (Å²) in [5.74, 6) is -0.689. The van der Waals surface area contributed by atoms with Crippen molar-refractivity contribution in [2.75, 3.05) is 30.5 Å². The zero-order valence-corrected chi connectivity index (χ0v) is 20.9. The average Bonchev–Trinajstić information content (AvgIpc) is 3.26. The highest BCUT2D eigenvalue weighted by molar-refractivity contribution is 7.98. The van der Waals surface area contributed by atoms with Crippen molar-refractivity contribution in [2.24, 2.45) is 0 Å². The number of thiol groups is 1. The van der Waals surface area contributed by atoms with Gasteiger partial charge in [-0.25, -0.2) is 4.79 Å². The van der Waals surface area contributed by atoms with E-state index >= 15 is 0 Å². The Hall–Kier alpha value is -2.16. The third-order valence-corrected chi connectivity index (χ3v) is 7.25. The van der Waals surface area contributed by atoms with Crippen molar-refractivity contribution in [1.82, 2.24) is 10.6 Å². The van der Waals surface area contributed by atoms with Crippen LogP contribution in [-0.4, -0.2) is 60.0 Å². The van der Waals surface area contributed by atoms with Crippen LogP contribution in [0.25, 0.3) is 0 Å². The van der Waals surface area contributed by atoms with Gasteiger partial charge in [0.1, 0.15) is 6.04 Å². The molecule has 1 aliphatic rings. The molecule has 1 heterocycles. The number of nitrogens with zero attached hydrogens (tertiary/aromatic N) is 1. The van der Waals surface area contributed by atoms with Crippen LogP contribution < -0.4 is 15.5 Å². The van der Waals surface area contributed by atoms with Crippen LogP contribution in [0.2, 0.25) is 0 Å². The van der Waals surface area contributed by atoms with Crippen LogP contribution in [0.5, 0.6) is 0 Å². The molecule has 0 bridgehead atoms. The number of benzene rings is 2. The van der Waals surface area contributed by atoms with Gasteiger partial charge in [-0.05, 0) is 67.5 Å². The lowest BCUT2D eigenvalue weighted by molar-refractivity contribution is -0.139. The first-order valence-corrected chi connectivity index (χ1v) is 13.2. The van der Waals surface area contributed by atoms with Crippen molar-refractivity contribution in [3.63, 3.8) is 0 Å². The molecule has 2 unspecified atom stereocenters. The van der Waals surface area contributed by atoms with E-state index in [-0.39, 0.29) is 17.3 Å². The summed E-state index contributed by atoms with van der Waals surface area (Å²) in [5, 5.41) is 16.0. The number of aryl methyl sites for hydroxylation is 2. The summed E-state index contributed by atoms with van der Waals surface area (Å²) in [4.78, 5) is 27.1. The highest BCUT2D eigenvalue weighted by Crippen LogP contribution is 2.26. The van der Waals surface area contributed by atoms with Gasteiger partial charge < -0.3 is 15.3 Å². The number of carbonyl (C=O) groups excluding carboxylic acids is 1. The second kappa shape index (κ2) is 12.3. The van der Waals surface area contributed by atoms with Crippen LogP contribution in [0.3, 0.4) is 0 Å². The molecule has 1 amide bonds. The van der Waals surface area contributed by atoms with Gasteiger partial charge in [0.05, 0.1) is 6.17 Å². The first kappa shape index (κ1) is 25.5. The molecule has 178 valence electrons. The Labute approximate surface area is 205 Å². The van der Waals surface area contributed by atoms with Gasteiger partial charge in [0.25, 0.3) is 5.91 Å². The first-order chi connectivity index (χ1) is 15.9. The van der Waals surface area contributed by atoms with Crippen LogP contribution >= 0.6 is 24.4 Å². The maximum absolute atomic E-state index is 13.3. The Balaban J connectivity index is 1.86. The second-order valence-electron chi connectivity index (χ2n) is 8.34. The van der Waals surface area contributed by atoms with E-state index in [2.05, 4.69) is 40.3 Å². The predicted octanol–water partition coefficient (Wildman–Crippen LogP) is 3.46. The standard InChI is InChI=1S/C25H33N3O3S2/c1-28(23-22(32)12-14-26-23)19-11-10-18(9-8-17-6-4-3-5-7-17)20(16-19)24(29)27-21(25(30)31)13-15-33-2/h3-7,10-11,16,21-23,26,32H,8-9,12-15H2,1-2H3,(H,27,29)(H,30,31)/t21-,22?,23?/m0/s1. The summed E-state index contributed by atoms with van der Waals surface area (Å²) in [6.07, 6.45) is 4.86. The van der Waals surface area contributed by atoms with Gasteiger partial charge in [-0.3, -0.25) is 10.1 Å². The van der Waals surface area contributed by atoms with E-state index in [0.29, 0.717) is 24.2 Å². The van der Waals surface area contributed by atoms with Crippen molar-refractivity contribution in [2.45, 2.75) is 43.1 Å². The Kier molecular flexibility index (Phi) is 9.52. The number of hydrogen-bond acceptors (Lipinski definition) is 6. The maximum atomic E-state index is 13.3. The van der Waals surface area contributed by atoms with Crippen molar-refractivity contribution in [1.29, 1.82) is 0 Å². The molecular weight excluding hydrogens is 454 g/mol. The van der Waals surface area contributed by atoms with E-state index < -0.39 is 12.0 Å². The number of carboxylic acids is 1. The Morgan fingerprint density at radius 1 is 1.24 bits per heavy atom. The Bertz CT molecular complexity index is 942. The summed E-state index contributed by atoms with van der Waals surface area (Å²) in [7, 11) is 1.99. The van der Waals surface area contributed by atoms with Crippen LogP contribution in [0.4, 0.5) is 5.69 Å². The summed E-state index contributed by atoms with van der Waals surface area (Å²) in [6.45, 7) is 0.904. The molecule has 1 saturated heterocycles. The molecule has 0 radical (unpaired) electrons. The lowest BCUT2D eigenvalue weighted by atomic mass is 9.98. The van der Waals surface area contributed by atoms with E-state index in [9.17, 15) is 14.7 Å². The molecule has 1 fully saturated rings. The lowest BCUT2D eigenvalue weighted by Crippen LogP contribution is -2.44. The molecule has 33 heavy (non-hydrogen) atoms. The molecule has 6 nitrogen and oxygen atoms in total. The zero-order valence-electron chi connectivity index (χ0n) is 19.2. The lowest BCUT2D eigenvalue weighted by Gasteiger charge is -2.30. The minimum absolute atomic E-state index is 0.0766. The van der Waals surface area contributed by atoms with Crippen LogP contribution in [-0.2, 0) is 17.6 Å². The molecule has 3 N–H and O–H groups in total. The van der Waals surface area contributed by atoms with Gasteiger partial charge in [-0.1, -0.05) is 36.4 Å². The van der Waals surface area contributed by atoms with Gasteiger partial charge in [-0.2, -0.15) is 24.4 Å². The molecule has 0 saturated carbocycles. The van der Waals surface area contributed by atoms with E-state index in [0.717, 1.165) is 30.6 Å². The smallest absolute Gasteiger partial charge is 0.326 e. The number of thioether (sulfide) groups is 1. The quantitative estimate of drug-likeness (QED) is 0.364. The molecule has 2 aromatic carbocycles. The van der Waals surface area contributed by atoms with E-state index in [1.54, 1.807) is 11.8 Å². The highest BCUT2D eigenvalue weighted by atomic mass is 32.2. The number of nitrogens with one attached hydrogen (secondary N) is 2. The SMILES string of the molecule is CSCC[C@H](NC(=O)c1cc(N(C)C2NCCC2S)ccc1CCc1ccccc1)C(=O)O. The number of carbonyl (C=O) groups is 2. The van der Waals surface area contributed by atoms with E-state index in [4.69, 9.17) is 0 Å². The molecule has 0 aromatic heterocycles. The second-order valence-corrected chi connectivity index (χ2v) is 9.99. The summed E-state index contributed by atoms with van der Waals surface area (Å²) in [6, 6.07) is 15.1. The fourth-order valence-corrected chi connectivity index (χ4v) is 5.00. The normalized spacial score (nSPS) is 18.6. The van der Waals surface area contributed by atoms with Crippen LogP contribution in [0.1, 0.15) is 34.3 Å². The maximum Gasteiger partial charge on any atom is 0.326 e. The largest absolute Gasteiger partial charge is 0.480 e. The first-order valence-electron chi connectivity index (χ1n) is 11.2. The topological polar surface area (TPSA) is 81.7 Å². The Morgan fingerprint density at radius 3 is 2.64 bits per heavy atom. The minimum atomic E-state index is -1.01. The van der Waals surface area contributed by atoms with Crippen molar-refractivity contribution in [3.8, 4) is 0 Å². The molecule has 8 heteroatoms. The van der Waals surface area contributed by atoms with Crippen LogP contribution in [0, 0.1) is 0 Å². The predicted molar refractivity (Wildman–Crippen MR) is 140 cm³/mol. The molecule has 3 atom stereocenters. The van der Waals surface area contributed by atoms with Crippen molar-refractivity contribution in [3.05, 3.63) is 65.2 Å².